The van der Waals surface area contributed by atoms with E-state index in [4.69, 9.17) is 53.3 Å². The third kappa shape index (κ3) is 6.97. The van der Waals surface area contributed by atoms with Crippen LogP contribution in [0.3, 0.4) is 0 Å². The van der Waals surface area contributed by atoms with Crippen molar-refractivity contribution in [3.63, 3.8) is 0 Å². The summed E-state index contributed by atoms with van der Waals surface area (Å²) in [6.45, 7) is 3.74. The molecule has 15 heteroatoms. The van der Waals surface area contributed by atoms with Gasteiger partial charge in [0.05, 0.1) is 39.4 Å². The zero-order valence-electron chi connectivity index (χ0n) is 20.3. The Morgan fingerprint density at radius 3 is 1.36 bits per heavy atom. The van der Waals surface area contributed by atoms with Gasteiger partial charge in [0.2, 0.25) is 0 Å². The van der Waals surface area contributed by atoms with E-state index in [1.165, 1.54) is 36.4 Å². The second-order valence-corrected chi connectivity index (χ2v) is 11.9. The molecule has 0 heterocycles. The first-order chi connectivity index (χ1) is 18.3. The van der Waals surface area contributed by atoms with Gasteiger partial charge in [0.25, 0.3) is 11.0 Å². The van der Waals surface area contributed by atoms with Crippen molar-refractivity contribution >= 4 is 61.0 Å². The Labute approximate surface area is 238 Å². The number of carbonyl (C=O) groups excluding carboxylic acids is 2. The first-order valence-electron chi connectivity index (χ1n) is 11.1. The van der Waals surface area contributed by atoms with Crippen molar-refractivity contribution in [3.05, 3.63) is 80.8 Å². The highest BCUT2D eigenvalue weighted by Crippen LogP contribution is 2.54. The van der Waals surface area contributed by atoms with Crippen molar-refractivity contribution in [1.82, 2.24) is 0 Å². The van der Waals surface area contributed by atoms with Gasteiger partial charge in [0.15, 0.2) is 23.0 Å². The maximum atomic E-state index is 13.1. The van der Waals surface area contributed by atoms with E-state index in [0.29, 0.717) is 0 Å². The molecule has 0 aliphatic heterocycles. The molecule has 39 heavy (non-hydrogen) atoms. The molecule has 2 atom stereocenters. The molecule has 0 amide bonds. The lowest BCUT2D eigenvalue weighted by Gasteiger charge is -2.19. The van der Waals surface area contributed by atoms with Gasteiger partial charge in [-0.1, -0.05) is 59.1 Å². The number of benzene rings is 3. The van der Waals surface area contributed by atoms with Crippen molar-refractivity contribution in [3.8, 4) is 23.0 Å². The molecular weight excluding hydrogens is 617 g/mol. The maximum absolute atomic E-state index is 13.1. The van der Waals surface area contributed by atoms with Crippen LogP contribution in [0, 0.1) is 0 Å². The lowest BCUT2D eigenvalue weighted by Crippen LogP contribution is -2.13. The van der Waals surface area contributed by atoms with Gasteiger partial charge in [-0.15, -0.1) is 0 Å². The summed E-state index contributed by atoms with van der Waals surface area (Å²) < 4.78 is 46.8. The van der Waals surface area contributed by atoms with Crippen LogP contribution in [0.25, 0.3) is 0 Å². The van der Waals surface area contributed by atoms with Crippen LogP contribution in [-0.2, 0) is 9.13 Å². The normalized spacial score (nSPS) is 14.0. The number of ether oxygens (including phenoxy) is 2. The van der Waals surface area contributed by atoms with E-state index < -0.39 is 52.4 Å². The fourth-order valence-electron chi connectivity index (χ4n) is 3.22. The summed E-state index contributed by atoms with van der Waals surface area (Å²) in [5.74, 6) is -0.289. The molecule has 10 nitrogen and oxygen atoms in total. The molecule has 2 N–H and O–H groups in total. The summed E-state index contributed by atoms with van der Waals surface area (Å²) >= 11 is 18.5. The van der Waals surface area contributed by atoms with Crippen molar-refractivity contribution < 1.29 is 47.0 Å². The van der Waals surface area contributed by atoms with Crippen molar-refractivity contribution in [1.29, 1.82) is 0 Å². The molecule has 0 radical (unpaired) electrons. The van der Waals surface area contributed by atoms with Crippen LogP contribution in [0.1, 0.15) is 34.6 Å². The minimum absolute atomic E-state index is 0.0805. The molecular formula is C24H21Cl3O10P2. The van der Waals surface area contributed by atoms with Gasteiger partial charge < -0.3 is 28.3 Å². The lowest BCUT2D eigenvalue weighted by molar-refractivity contribution is 0.104. The van der Waals surface area contributed by atoms with Crippen LogP contribution < -0.4 is 18.5 Å². The topological polar surface area (TPSA) is 146 Å². The highest BCUT2D eigenvalue weighted by atomic mass is 35.5. The molecule has 208 valence electrons. The third-order valence-corrected chi connectivity index (χ3v) is 8.19. The Bertz CT molecular complexity index is 1400. The molecule has 3 rings (SSSR count). The Morgan fingerprint density at radius 2 is 1.03 bits per heavy atom. The minimum Gasteiger partial charge on any atom is -0.490 e. The summed E-state index contributed by atoms with van der Waals surface area (Å²) in [4.78, 5) is 47.3. The number of halogens is 3. The molecule has 0 saturated carbocycles. The fourth-order valence-corrected chi connectivity index (χ4v) is 6.62. The number of hydrogen-bond acceptors (Lipinski definition) is 8. The molecule has 3 aromatic rings. The Hall–Kier alpha value is -2.55. The number of carbonyl (C=O) groups is 2. The van der Waals surface area contributed by atoms with Crippen LogP contribution in [0.2, 0.25) is 15.1 Å². The molecule has 0 fully saturated rings. The van der Waals surface area contributed by atoms with Crippen molar-refractivity contribution in [2.75, 3.05) is 13.2 Å². The molecule has 0 aliphatic carbocycles. The van der Waals surface area contributed by atoms with Gasteiger partial charge in [-0.05, 0) is 44.2 Å². The quantitative estimate of drug-likeness (QED) is 0.195. The number of para-hydroxylation sites is 4. The van der Waals surface area contributed by atoms with Crippen LogP contribution in [0.15, 0.2) is 54.6 Å². The van der Waals surface area contributed by atoms with E-state index in [1.807, 2.05) is 0 Å². The summed E-state index contributed by atoms with van der Waals surface area (Å²) in [5, 5.41) is -1.88. The second kappa shape index (κ2) is 12.7. The predicted molar refractivity (Wildman–Crippen MR) is 146 cm³/mol. The van der Waals surface area contributed by atoms with Gasteiger partial charge in [0.1, 0.15) is 0 Å². The number of hydrogen-bond donors (Lipinski definition) is 2. The van der Waals surface area contributed by atoms with Gasteiger partial charge in [0, 0.05) is 0 Å². The van der Waals surface area contributed by atoms with E-state index in [1.54, 1.807) is 26.0 Å². The highest BCUT2D eigenvalue weighted by molar-refractivity contribution is 7.72. The summed E-state index contributed by atoms with van der Waals surface area (Å²) in [6.07, 6.45) is 0. The second-order valence-electron chi connectivity index (χ2n) is 7.50. The Kier molecular flexibility index (Phi) is 10.1. The molecule has 0 spiro atoms. The van der Waals surface area contributed by atoms with Crippen LogP contribution >= 0.6 is 50.0 Å². The average molecular weight is 638 g/mol. The first-order valence-corrected chi connectivity index (χ1v) is 15.4. The van der Waals surface area contributed by atoms with Crippen molar-refractivity contribution in [2.45, 2.75) is 13.8 Å². The van der Waals surface area contributed by atoms with E-state index in [0.717, 1.165) is 6.07 Å². The van der Waals surface area contributed by atoms with Crippen LogP contribution in [0.5, 0.6) is 23.0 Å². The van der Waals surface area contributed by atoms with Crippen LogP contribution in [-0.4, -0.2) is 34.0 Å². The third-order valence-electron chi connectivity index (χ3n) is 4.85. The Balaban J connectivity index is 2.02. The molecule has 0 saturated heterocycles. The molecule has 0 aliphatic rings. The lowest BCUT2D eigenvalue weighted by atomic mass is 10.1. The fraction of sp³-hybridized carbons (Fsp3) is 0.167. The Morgan fingerprint density at radius 1 is 0.692 bits per heavy atom. The standard InChI is InChI=1S/C24H21Cl3O10P2/c1-3-34-16-9-5-7-11-18(16)36-38(30,31)23(28)20-14(25)13-15(26)21(22(20)27)24(29)39(32,33)37-19-12-8-6-10-17(19)35-4-2/h5-13H,3-4H2,1-2H3,(H,30,31)(H,32,33). The summed E-state index contributed by atoms with van der Waals surface area (Å²) in [7, 11) is -10.5. The molecule has 0 bridgehead atoms. The molecule has 3 aromatic carbocycles. The van der Waals surface area contributed by atoms with Crippen molar-refractivity contribution in [2.24, 2.45) is 0 Å². The largest absolute Gasteiger partial charge is 0.490 e. The van der Waals surface area contributed by atoms with E-state index >= 15 is 0 Å². The molecule has 2 unspecified atom stereocenters. The monoisotopic (exact) mass is 636 g/mol. The van der Waals surface area contributed by atoms with Gasteiger partial charge in [-0.2, -0.15) is 0 Å². The van der Waals surface area contributed by atoms with Crippen LogP contribution in [0.4, 0.5) is 0 Å². The zero-order valence-corrected chi connectivity index (χ0v) is 24.4. The maximum Gasteiger partial charge on any atom is 0.448 e. The van der Waals surface area contributed by atoms with E-state index in [-0.39, 0.29) is 36.2 Å². The van der Waals surface area contributed by atoms with Gasteiger partial charge in [-0.3, -0.25) is 9.59 Å². The smallest absolute Gasteiger partial charge is 0.448 e. The summed E-state index contributed by atoms with van der Waals surface area (Å²) in [6, 6.07) is 12.5. The predicted octanol–water partition coefficient (Wildman–Crippen LogP) is 7.25. The minimum atomic E-state index is -5.23. The zero-order chi connectivity index (χ0) is 29.0. The first kappa shape index (κ1) is 31.0. The molecule has 0 aromatic heterocycles. The van der Waals surface area contributed by atoms with E-state index in [9.17, 15) is 28.5 Å². The van der Waals surface area contributed by atoms with Gasteiger partial charge >= 0.3 is 15.2 Å². The summed E-state index contributed by atoms with van der Waals surface area (Å²) in [5.41, 5.74) is -4.88. The van der Waals surface area contributed by atoms with Gasteiger partial charge in [-0.25, -0.2) is 9.13 Å². The highest BCUT2D eigenvalue weighted by Gasteiger charge is 2.42. The van der Waals surface area contributed by atoms with E-state index in [2.05, 4.69) is 0 Å². The average Bonchev–Trinajstić information content (AvgIpc) is 2.86. The SMILES string of the molecule is CCOc1ccccc1OP(=O)(O)C(=O)c1c(Cl)cc(Cl)c(C(=O)P(=O)(O)Oc2ccccc2OCC)c1Cl. The number of rotatable bonds is 12.